The Morgan fingerprint density at radius 1 is 1.55 bits per heavy atom. The maximum absolute atomic E-state index is 10.1. The van der Waals surface area contributed by atoms with E-state index in [9.17, 15) is 4.79 Å². The van der Waals surface area contributed by atoms with E-state index in [-0.39, 0.29) is 11.7 Å². The van der Waals surface area contributed by atoms with E-state index in [1.54, 1.807) is 0 Å². The summed E-state index contributed by atoms with van der Waals surface area (Å²) in [6.07, 6.45) is 0.372. The first-order valence-electron chi connectivity index (χ1n) is 3.60. The van der Waals surface area contributed by atoms with E-state index >= 15 is 0 Å². The van der Waals surface area contributed by atoms with Gasteiger partial charge in [0.2, 0.25) is 0 Å². The second kappa shape index (κ2) is 5.43. The van der Waals surface area contributed by atoms with Crippen LogP contribution in [0.2, 0.25) is 0 Å². The van der Waals surface area contributed by atoms with Crippen LogP contribution in [0.4, 0.5) is 0 Å². The predicted octanol–water partition coefficient (Wildman–Crippen LogP) is 0.920. The van der Waals surface area contributed by atoms with Gasteiger partial charge in [0.05, 0.1) is 12.5 Å². The summed E-state index contributed by atoms with van der Waals surface area (Å²) >= 11 is 4.10. The Balaban J connectivity index is 3.37. The summed E-state index contributed by atoms with van der Waals surface area (Å²) in [5.41, 5.74) is 0. The second-order valence-corrected chi connectivity index (χ2v) is 3.56. The highest BCUT2D eigenvalue weighted by Crippen LogP contribution is 2.08. The molecule has 0 spiro atoms. The van der Waals surface area contributed by atoms with Crippen LogP contribution in [0.1, 0.15) is 26.2 Å². The molecule has 0 aromatic heterocycles. The van der Waals surface area contributed by atoms with E-state index in [1.807, 2.05) is 6.92 Å². The minimum Gasteiger partial charge on any atom is -0.481 e. The number of aliphatic hydroxyl groups excluding tert-OH is 1. The molecule has 0 amide bonds. The summed E-state index contributed by atoms with van der Waals surface area (Å²) in [4.78, 5) is 10.1. The molecule has 0 heterocycles. The lowest BCUT2D eigenvalue weighted by atomic mass is 10.1. The highest BCUT2D eigenvalue weighted by Gasteiger charge is 2.09. The molecule has 3 nitrogen and oxygen atoms in total. The molecular formula is C7H14O3S. The van der Waals surface area contributed by atoms with Gasteiger partial charge >= 0.3 is 5.97 Å². The summed E-state index contributed by atoms with van der Waals surface area (Å²) in [6.45, 7) is 1.91. The van der Waals surface area contributed by atoms with Crippen LogP contribution in [0.15, 0.2) is 0 Å². The first-order chi connectivity index (χ1) is 5.02. The van der Waals surface area contributed by atoms with E-state index in [4.69, 9.17) is 10.2 Å². The predicted molar refractivity (Wildman–Crippen MR) is 45.9 cm³/mol. The van der Waals surface area contributed by atoms with Crippen molar-refractivity contribution in [2.24, 2.45) is 0 Å². The molecule has 0 bridgehead atoms. The maximum atomic E-state index is 10.1. The van der Waals surface area contributed by atoms with Crippen LogP contribution in [0.5, 0.6) is 0 Å². The molecule has 0 rings (SSSR count). The molecule has 0 aliphatic heterocycles. The number of carbonyl (C=O) groups is 1. The first kappa shape index (κ1) is 10.8. The summed E-state index contributed by atoms with van der Waals surface area (Å²) in [5.74, 6) is -0.954. The fourth-order valence-electron chi connectivity index (χ4n) is 0.737. The van der Waals surface area contributed by atoms with Crippen molar-refractivity contribution >= 4 is 18.6 Å². The molecule has 0 saturated heterocycles. The lowest BCUT2D eigenvalue weighted by Crippen LogP contribution is -2.13. The van der Waals surface area contributed by atoms with E-state index in [1.165, 1.54) is 0 Å². The monoisotopic (exact) mass is 178 g/mol. The Kier molecular flexibility index (Phi) is 5.32. The highest BCUT2D eigenvalue weighted by atomic mass is 32.1. The summed E-state index contributed by atoms with van der Waals surface area (Å²) in [7, 11) is 0. The number of hydrogen-bond acceptors (Lipinski definition) is 3. The molecule has 11 heavy (non-hydrogen) atoms. The van der Waals surface area contributed by atoms with Crippen molar-refractivity contribution in [3.8, 4) is 0 Å². The van der Waals surface area contributed by atoms with E-state index in [0.717, 1.165) is 6.42 Å². The first-order valence-corrected chi connectivity index (χ1v) is 4.12. The third-order valence-electron chi connectivity index (χ3n) is 1.33. The highest BCUT2D eigenvalue weighted by molar-refractivity contribution is 7.80. The lowest BCUT2D eigenvalue weighted by molar-refractivity contribution is -0.139. The summed E-state index contributed by atoms with van der Waals surface area (Å²) in [6, 6.07) is 0. The zero-order chi connectivity index (χ0) is 8.85. The largest absolute Gasteiger partial charge is 0.481 e. The minimum atomic E-state index is -0.954. The zero-order valence-corrected chi connectivity index (χ0v) is 7.42. The van der Waals surface area contributed by atoms with Crippen LogP contribution in [-0.4, -0.2) is 27.5 Å². The quantitative estimate of drug-likeness (QED) is 0.549. The van der Waals surface area contributed by atoms with Gasteiger partial charge in [-0.25, -0.2) is 0 Å². The molecule has 2 unspecified atom stereocenters. The normalized spacial score (nSPS) is 15.9. The fourth-order valence-corrected chi connectivity index (χ4v) is 0.886. The Bertz CT molecular complexity index is 125. The van der Waals surface area contributed by atoms with Crippen LogP contribution in [0, 0.1) is 0 Å². The average Bonchev–Trinajstić information content (AvgIpc) is 1.82. The molecular weight excluding hydrogens is 164 g/mol. The molecule has 0 aliphatic rings. The van der Waals surface area contributed by atoms with Gasteiger partial charge < -0.3 is 10.2 Å². The number of hydrogen-bond donors (Lipinski definition) is 3. The van der Waals surface area contributed by atoms with Gasteiger partial charge in [0.25, 0.3) is 0 Å². The molecule has 0 aromatic carbocycles. The number of rotatable bonds is 5. The molecule has 0 fully saturated rings. The van der Waals surface area contributed by atoms with Gasteiger partial charge in [0.15, 0.2) is 0 Å². The van der Waals surface area contributed by atoms with E-state index in [0.29, 0.717) is 6.42 Å². The average molecular weight is 178 g/mol. The minimum absolute atomic E-state index is 0.166. The van der Waals surface area contributed by atoms with Gasteiger partial charge in [-0.2, -0.15) is 12.6 Å². The SMILES string of the molecule is CC(S)CCC(O)CC(=O)O. The van der Waals surface area contributed by atoms with Crippen molar-refractivity contribution in [3.63, 3.8) is 0 Å². The Morgan fingerprint density at radius 2 is 2.09 bits per heavy atom. The molecule has 66 valence electrons. The van der Waals surface area contributed by atoms with E-state index < -0.39 is 12.1 Å². The van der Waals surface area contributed by atoms with Gasteiger partial charge in [-0.1, -0.05) is 6.92 Å². The van der Waals surface area contributed by atoms with Crippen molar-refractivity contribution in [2.75, 3.05) is 0 Å². The van der Waals surface area contributed by atoms with Crippen molar-refractivity contribution in [1.82, 2.24) is 0 Å². The Morgan fingerprint density at radius 3 is 2.45 bits per heavy atom. The fraction of sp³-hybridized carbons (Fsp3) is 0.857. The van der Waals surface area contributed by atoms with Crippen LogP contribution in [0.3, 0.4) is 0 Å². The number of thiol groups is 1. The van der Waals surface area contributed by atoms with Crippen molar-refractivity contribution < 1.29 is 15.0 Å². The third-order valence-corrected chi connectivity index (χ3v) is 1.59. The van der Waals surface area contributed by atoms with Crippen LogP contribution >= 0.6 is 12.6 Å². The van der Waals surface area contributed by atoms with Gasteiger partial charge in [0.1, 0.15) is 0 Å². The van der Waals surface area contributed by atoms with Crippen molar-refractivity contribution in [2.45, 2.75) is 37.5 Å². The van der Waals surface area contributed by atoms with Crippen molar-refractivity contribution in [1.29, 1.82) is 0 Å². The smallest absolute Gasteiger partial charge is 0.305 e. The summed E-state index contributed by atoms with van der Waals surface area (Å²) < 4.78 is 0. The van der Waals surface area contributed by atoms with Gasteiger partial charge in [-0.3, -0.25) is 4.79 Å². The van der Waals surface area contributed by atoms with E-state index in [2.05, 4.69) is 12.6 Å². The lowest BCUT2D eigenvalue weighted by Gasteiger charge is -2.08. The number of aliphatic carboxylic acids is 1. The molecule has 2 atom stereocenters. The Hall–Kier alpha value is -0.220. The van der Waals surface area contributed by atoms with Gasteiger partial charge in [-0.15, -0.1) is 0 Å². The van der Waals surface area contributed by atoms with Crippen LogP contribution < -0.4 is 0 Å². The van der Waals surface area contributed by atoms with Crippen LogP contribution in [-0.2, 0) is 4.79 Å². The number of carboxylic acid groups (broad SMARTS) is 1. The summed E-state index contributed by atoms with van der Waals surface area (Å²) in [5, 5.41) is 17.5. The maximum Gasteiger partial charge on any atom is 0.305 e. The topological polar surface area (TPSA) is 57.5 Å². The number of carboxylic acids is 1. The molecule has 4 heteroatoms. The third kappa shape index (κ3) is 7.68. The zero-order valence-electron chi connectivity index (χ0n) is 6.53. The molecule has 0 aliphatic carbocycles. The Labute approximate surface area is 71.8 Å². The standard InChI is InChI=1S/C7H14O3S/c1-5(11)2-3-6(8)4-7(9)10/h5-6,8,11H,2-4H2,1H3,(H,9,10). The molecule has 0 saturated carbocycles. The van der Waals surface area contributed by atoms with Gasteiger partial charge in [-0.05, 0) is 18.1 Å². The van der Waals surface area contributed by atoms with Gasteiger partial charge in [0, 0.05) is 0 Å². The van der Waals surface area contributed by atoms with Crippen LogP contribution in [0.25, 0.3) is 0 Å². The molecule has 0 radical (unpaired) electrons. The van der Waals surface area contributed by atoms with Crippen molar-refractivity contribution in [3.05, 3.63) is 0 Å². The second-order valence-electron chi connectivity index (χ2n) is 2.68. The molecule has 0 aromatic rings. The molecule has 2 N–H and O–H groups in total. The number of aliphatic hydroxyl groups is 1.